The Morgan fingerprint density at radius 2 is 1.90 bits per heavy atom. The van der Waals surface area contributed by atoms with E-state index in [-0.39, 0.29) is 11.6 Å². The van der Waals surface area contributed by atoms with Gasteiger partial charge in [0, 0.05) is 4.47 Å². The first-order chi connectivity index (χ1) is 14.6. The second kappa shape index (κ2) is 8.00. The molecular weight excluding hydrogens is 460 g/mol. The Hall–Kier alpha value is -2.44. The lowest BCUT2D eigenvalue weighted by atomic mass is 9.86. The van der Waals surface area contributed by atoms with E-state index in [0.717, 1.165) is 51.1 Å². The smallest absolute Gasteiger partial charge is 0.274 e. The number of ether oxygens (including phenoxy) is 1. The van der Waals surface area contributed by atoms with Crippen molar-refractivity contribution in [2.24, 2.45) is 4.99 Å². The Kier molecular flexibility index (Phi) is 5.21. The van der Waals surface area contributed by atoms with Gasteiger partial charge in [0.05, 0.1) is 23.4 Å². The van der Waals surface area contributed by atoms with Crippen molar-refractivity contribution in [2.45, 2.75) is 31.7 Å². The van der Waals surface area contributed by atoms with E-state index in [4.69, 9.17) is 9.73 Å². The molecule has 3 aromatic rings. The summed E-state index contributed by atoms with van der Waals surface area (Å²) in [5.74, 6) is 0.812. The number of benzene rings is 2. The highest BCUT2D eigenvalue weighted by Gasteiger charge is 2.29. The second-order valence-electron chi connectivity index (χ2n) is 7.58. The molecule has 5 rings (SSSR count). The summed E-state index contributed by atoms with van der Waals surface area (Å²) in [6.07, 6.45) is 6.32. The fraction of sp³-hybridized carbons (Fsp3) is 0.250. The Bertz CT molecular complexity index is 1300. The number of nitrogens with zero attached hydrogens (tertiary/aromatic N) is 2. The van der Waals surface area contributed by atoms with Crippen molar-refractivity contribution in [1.82, 2.24) is 4.57 Å². The Morgan fingerprint density at radius 1 is 1.13 bits per heavy atom. The highest BCUT2D eigenvalue weighted by molar-refractivity contribution is 9.10. The Balaban J connectivity index is 1.72. The second-order valence-corrected chi connectivity index (χ2v) is 9.50. The monoisotopic (exact) mass is 480 g/mol. The maximum atomic E-state index is 13.5. The molecule has 2 aromatic carbocycles. The lowest BCUT2D eigenvalue weighted by Crippen LogP contribution is -2.37. The fourth-order valence-corrected chi connectivity index (χ4v) is 5.50. The first kappa shape index (κ1) is 19.5. The third-order valence-electron chi connectivity index (χ3n) is 5.71. The molecule has 0 amide bonds. The molecule has 30 heavy (non-hydrogen) atoms. The van der Waals surface area contributed by atoms with Crippen LogP contribution in [-0.2, 0) is 0 Å². The van der Waals surface area contributed by atoms with Crippen LogP contribution in [0, 0.1) is 0 Å². The highest BCUT2D eigenvalue weighted by Crippen LogP contribution is 2.34. The summed E-state index contributed by atoms with van der Waals surface area (Å²) in [6, 6.07) is 16.2. The maximum absolute atomic E-state index is 13.5. The average molecular weight is 481 g/mol. The molecule has 2 aliphatic rings. The first-order valence-corrected chi connectivity index (χ1v) is 11.7. The average Bonchev–Trinajstić information content (AvgIpc) is 3.08. The Morgan fingerprint density at radius 3 is 2.63 bits per heavy atom. The van der Waals surface area contributed by atoms with Crippen LogP contribution in [0.25, 0.3) is 11.8 Å². The van der Waals surface area contributed by atoms with Crippen molar-refractivity contribution >= 4 is 39.0 Å². The molecule has 152 valence electrons. The minimum absolute atomic E-state index is 0.00371. The highest BCUT2D eigenvalue weighted by atomic mass is 79.9. The predicted octanol–water partition coefficient (Wildman–Crippen LogP) is 4.34. The molecule has 0 N–H and O–H groups in total. The van der Waals surface area contributed by atoms with Crippen molar-refractivity contribution in [3.8, 4) is 5.75 Å². The molecular formula is C24H21BrN2O2S. The van der Waals surface area contributed by atoms with E-state index in [1.54, 1.807) is 7.11 Å². The third kappa shape index (κ3) is 3.48. The van der Waals surface area contributed by atoms with Crippen LogP contribution in [0.5, 0.6) is 5.75 Å². The minimum atomic E-state index is 0.00371. The Labute approximate surface area is 187 Å². The summed E-state index contributed by atoms with van der Waals surface area (Å²) in [5, 5.41) is 0. The maximum Gasteiger partial charge on any atom is 0.274 e. The molecule has 1 atom stereocenters. The van der Waals surface area contributed by atoms with Gasteiger partial charge in [-0.25, -0.2) is 0 Å². The van der Waals surface area contributed by atoms with Gasteiger partial charge < -0.3 is 4.74 Å². The van der Waals surface area contributed by atoms with Crippen LogP contribution in [0.1, 0.15) is 36.8 Å². The van der Waals surface area contributed by atoms with Crippen molar-refractivity contribution in [1.29, 1.82) is 0 Å². The largest absolute Gasteiger partial charge is 0.497 e. The summed E-state index contributed by atoms with van der Waals surface area (Å²) in [4.78, 5) is 19.3. The molecule has 1 fully saturated rings. The van der Waals surface area contributed by atoms with E-state index < -0.39 is 0 Å². The number of hydrogen-bond acceptors (Lipinski definition) is 4. The van der Waals surface area contributed by atoms with E-state index in [1.165, 1.54) is 23.3 Å². The van der Waals surface area contributed by atoms with E-state index >= 15 is 0 Å². The van der Waals surface area contributed by atoms with Gasteiger partial charge in [-0.3, -0.25) is 14.4 Å². The van der Waals surface area contributed by atoms with Crippen molar-refractivity contribution in [3.05, 3.63) is 89.4 Å². The molecule has 6 heteroatoms. The standard InChI is InChI=1S/C24H21BrN2O2S/c1-29-18-12-8-16(9-13-18)22-19-4-2-3-5-20(19)26-24-27(22)23(28)21(30-24)14-15-6-10-17(25)11-7-15/h6-14,20H,2-5H2,1H3/b21-14-/t20-/m0/s1. The van der Waals surface area contributed by atoms with E-state index in [2.05, 4.69) is 15.9 Å². The summed E-state index contributed by atoms with van der Waals surface area (Å²) in [6.45, 7) is 0. The zero-order valence-electron chi connectivity index (χ0n) is 16.6. The van der Waals surface area contributed by atoms with Crippen LogP contribution < -0.4 is 19.6 Å². The molecule has 0 radical (unpaired) electrons. The van der Waals surface area contributed by atoms with Crippen LogP contribution in [0.15, 0.2) is 68.4 Å². The van der Waals surface area contributed by atoms with Gasteiger partial charge in [0.25, 0.3) is 5.56 Å². The SMILES string of the molecule is COc1ccc(C2=C3CCCC[C@@H]3N=c3s/c(=C\c4ccc(Br)cc4)c(=O)n32)cc1. The quantitative estimate of drug-likeness (QED) is 0.559. The van der Waals surface area contributed by atoms with E-state index in [9.17, 15) is 4.79 Å². The summed E-state index contributed by atoms with van der Waals surface area (Å²) in [5.41, 5.74) is 4.36. The van der Waals surface area contributed by atoms with Gasteiger partial charge >= 0.3 is 0 Å². The van der Waals surface area contributed by atoms with Gasteiger partial charge in [-0.05, 0) is 78.4 Å². The number of methoxy groups -OCH3 is 1. The van der Waals surface area contributed by atoms with Crippen LogP contribution in [0.4, 0.5) is 0 Å². The normalized spacial score (nSPS) is 18.6. The van der Waals surface area contributed by atoms with Gasteiger partial charge in [0.1, 0.15) is 5.75 Å². The zero-order chi connectivity index (χ0) is 20.7. The topological polar surface area (TPSA) is 43.6 Å². The van der Waals surface area contributed by atoms with Gasteiger partial charge in [-0.2, -0.15) is 0 Å². The predicted molar refractivity (Wildman–Crippen MR) is 125 cm³/mol. The summed E-state index contributed by atoms with van der Waals surface area (Å²) >= 11 is 4.94. The molecule has 0 unspecified atom stereocenters. The third-order valence-corrected chi connectivity index (χ3v) is 7.22. The first-order valence-electron chi connectivity index (χ1n) is 10.1. The van der Waals surface area contributed by atoms with Crippen molar-refractivity contribution < 1.29 is 4.74 Å². The van der Waals surface area contributed by atoms with Gasteiger partial charge in [0.15, 0.2) is 4.80 Å². The van der Waals surface area contributed by atoms with E-state index in [1.807, 2.05) is 59.2 Å². The lowest BCUT2D eigenvalue weighted by molar-refractivity contribution is 0.414. The van der Waals surface area contributed by atoms with Crippen LogP contribution in [0.2, 0.25) is 0 Å². The van der Waals surface area contributed by atoms with Gasteiger partial charge in [-0.15, -0.1) is 0 Å². The molecule has 0 spiro atoms. The molecule has 4 nitrogen and oxygen atoms in total. The zero-order valence-corrected chi connectivity index (χ0v) is 19.0. The molecule has 0 saturated heterocycles. The number of halogens is 1. The number of thiazole rings is 1. The van der Waals surface area contributed by atoms with Crippen LogP contribution >= 0.6 is 27.3 Å². The molecule has 1 aliphatic heterocycles. The fourth-order valence-electron chi connectivity index (χ4n) is 4.22. The number of fused-ring (bicyclic) bond motifs is 2. The molecule has 1 saturated carbocycles. The number of hydrogen-bond donors (Lipinski definition) is 0. The number of rotatable bonds is 3. The van der Waals surface area contributed by atoms with Crippen LogP contribution in [0.3, 0.4) is 0 Å². The van der Waals surface area contributed by atoms with E-state index in [0.29, 0.717) is 4.53 Å². The summed E-state index contributed by atoms with van der Waals surface area (Å²) < 4.78 is 8.88. The van der Waals surface area contributed by atoms with Gasteiger partial charge in [-0.1, -0.05) is 45.8 Å². The molecule has 1 aliphatic carbocycles. The van der Waals surface area contributed by atoms with Crippen LogP contribution in [-0.4, -0.2) is 17.7 Å². The van der Waals surface area contributed by atoms with Crippen molar-refractivity contribution in [3.63, 3.8) is 0 Å². The van der Waals surface area contributed by atoms with Crippen molar-refractivity contribution in [2.75, 3.05) is 7.11 Å². The molecule has 0 bridgehead atoms. The number of aromatic nitrogens is 1. The molecule has 1 aromatic heterocycles. The molecule has 2 heterocycles. The lowest BCUT2D eigenvalue weighted by Gasteiger charge is -2.28. The van der Waals surface area contributed by atoms with Gasteiger partial charge in [0.2, 0.25) is 0 Å². The summed E-state index contributed by atoms with van der Waals surface area (Å²) in [7, 11) is 1.67. The minimum Gasteiger partial charge on any atom is -0.497 e.